The molecule has 0 saturated carbocycles. The highest BCUT2D eigenvalue weighted by atomic mass is 35.5. The van der Waals surface area contributed by atoms with Crippen LogP contribution in [0.2, 0.25) is 0 Å². The van der Waals surface area contributed by atoms with Crippen molar-refractivity contribution in [2.75, 3.05) is 38.7 Å². The molecular weight excluding hydrogens is 348 g/mol. The van der Waals surface area contributed by atoms with Gasteiger partial charge >= 0.3 is 0 Å². The third-order valence-corrected chi connectivity index (χ3v) is 5.67. The zero-order valence-corrected chi connectivity index (χ0v) is 15.8. The summed E-state index contributed by atoms with van der Waals surface area (Å²) in [5.41, 5.74) is 1.12. The van der Waals surface area contributed by atoms with E-state index in [4.69, 9.17) is 9.47 Å². The molecule has 2 heterocycles. The smallest absolute Gasteiger partial charge is 0.233 e. The van der Waals surface area contributed by atoms with Gasteiger partial charge in [0, 0.05) is 6.54 Å². The van der Waals surface area contributed by atoms with Gasteiger partial charge in [-0.15, -0.1) is 24.2 Å². The summed E-state index contributed by atoms with van der Waals surface area (Å²) in [6.07, 6.45) is 1.01. The summed E-state index contributed by atoms with van der Waals surface area (Å²) in [4.78, 5) is 16.6. The minimum absolute atomic E-state index is 0. The highest BCUT2D eigenvalue weighted by Crippen LogP contribution is 2.42. The van der Waals surface area contributed by atoms with Crippen molar-refractivity contribution in [3.05, 3.63) is 23.8 Å². The van der Waals surface area contributed by atoms with Gasteiger partial charge in [0.05, 0.1) is 5.75 Å². The van der Waals surface area contributed by atoms with Crippen LogP contribution in [0.1, 0.15) is 31.2 Å². The topological polar surface area (TPSA) is 42.0 Å². The van der Waals surface area contributed by atoms with Crippen LogP contribution in [0.25, 0.3) is 0 Å². The van der Waals surface area contributed by atoms with Gasteiger partial charge in [-0.25, -0.2) is 0 Å². The van der Waals surface area contributed by atoms with Gasteiger partial charge in [0.25, 0.3) is 0 Å². The fourth-order valence-electron chi connectivity index (χ4n) is 3.04. The number of ether oxygens (including phenoxy) is 2. The van der Waals surface area contributed by atoms with Gasteiger partial charge in [-0.1, -0.05) is 19.9 Å². The second-order valence-corrected chi connectivity index (χ2v) is 6.81. The van der Waals surface area contributed by atoms with E-state index < -0.39 is 0 Å². The quantitative estimate of drug-likeness (QED) is 0.735. The van der Waals surface area contributed by atoms with Gasteiger partial charge < -0.3 is 19.3 Å². The summed E-state index contributed by atoms with van der Waals surface area (Å²) in [6.45, 7) is 8.60. The lowest BCUT2D eigenvalue weighted by molar-refractivity contribution is -0.128. The molecule has 5 nitrogen and oxygen atoms in total. The number of rotatable bonds is 7. The Kier molecular flexibility index (Phi) is 7.07. The molecule has 1 unspecified atom stereocenters. The Morgan fingerprint density at radius 1 is 1.25 bits per heavy atom. The fraction of sp³-hybridized carbons (Fsp3) is 0.588. The van der Waals surface area contributed by atoms with E-state index >= 15 is 0 Å². The Hall–Kier alpha value is -1.11. The first kappa shape index (κ1) is 19.2. The molecule has 1 aromatic carbocycles. The predicted octanol–water partition coefficient (Wildman–Crippen LogP) is 3.14. The number of carbonyl (C=O) groups excluding carboxylic acids is 1. The van der Waals surface area contributed by atoms with Crippen molar-refractivity contribution in [2.24, 2.45) is 0 Å². The van der Waals surface area contributed by atoms with Gasteiger partial charge in [0.2, 0.25) is 12.7 Å². The van der Waals surface area contributed by atoms with Crippen LogP contribution in [0.3, 0.4) is 0 Å². The molecule has 1 atom stereocenters. The lowest BCUT2D eigenvalue weighted by Gasteiger charge is -2.26. The highest BCUT2D eigenvalue weighted by Gasteiger charge is 2.33. The molecule has 0 bridgehead atoms. The molecule has 1 saturated heterocycles. The molecule has 1 fully saturated rings. The Morgan fingerprint density at radius 3 is 2.75 bits per heavy atom. The average Bonchev–Trinajstić information content (AvgIpc) is 3.17. The summed E-state index contributed by atoms with van der Waals surface area (Å²) >= 11 is 1.69. The van der Waals surface area contributed by atoms with Crippen LogP contribution in [0.4, 0.5) is 0 Å². The van der Waals surface area contributed by atoms with Gasteiger partial charge in [0.1, 0.15) is 5.37 Å². The Morgan fingerprint density at radius 2 is 2.00 bits per heavy atom. The molecule has 0 spiro atoms. The largest absolute Gasteiger partial charge is 0.454 e. The maximum atomic E-state index is 12.2. The summed E-state index contributed by atoms with van der Waals surface area (Å²) in [7, 11) is 0. The zero-order chi connectivity index (χ0) is 16.2. The van der Waals surface area contributed by atoms with Crippen molar-refractivity contribution in [2.45, 2.75) is 25.6 Å². The van der Waals surface area contributed by atoms with Crippen molar-refractivity contribution in [1.29, 1.82) is 0 Å². The van der Waals surface area contributed by atoms with Gasteiger partial charge in [-0.2, -0.15) is 0 Å². The molecule has 7 heteroatoms. The highest BCUT2D eigenvalue weighted by molar-refractivity contribution is 8.00. The first-order chi connectivity index (χ1) is 11.2. The van der Waals surface area contributed by atoms with Crippen LogP contribution in [0.15, 0.2) is 18.2 Å². The maximum Gasteiger partial charge on any atom is 0.233 e. The van der Waals surface area contributed by atoms with E-state index in [1.54, 1.807) is 11.8 Å². The number of fused-ring (bicyclic) bond motifs is 1. The number of halogens is 1. The first-order valence-electron chi connectivity index (χ1n) is 8.26. The van der Waals surface area contributed by atoms with E-state index in [0.717, 1.165) is 49.7 Å². The molecule has 24 heavy (non-hydrogen) atoms. The minimum atomic E-state index is 0. The third kappa shape index (κ3) is 4.10. The molecule has 3 rings (SSSR count). The summed E-state index contributed by atoms with van der Waals surface area (Å²) in [5, 5.41) is 0.0914. The van der Waals surface area contributed by atoms with Crippen LogP contribution in [0.5, 0.6) is 11.5 Å². The zero-order valence-electron chi connectivity index (χ0n) is 14.2. The number of hydrogen-bond acceptors (Lipinski definition) is 5. The summed E-state index contributed by atoms with van der Waals surface area (Å²) in [5.74, 6) is 2.36. The van der Waals surface area contributed by atoms with Crippen LogP contribution < -0.4 is 9.47 Å². The van der Waals surface area contributed by atoms with Crippen molar-refractivity contribution < 1.29 is 14.3 Å². The molecule has 0 N–H and O–H groups in total. The van der Waals surface area contributed by atoms with Gasteiger partial charge in [-0.05, 0) is 43.8 Å². The standard InChI is InChI=1S/C17H24N2O3S.ClH/c1-3-18(4-2)8-5-9-19-16(20)11-23-17(19)13-6-7-14-15(10-13)22-12-21-14;/h6-7,10,17H,3-5,8-9,11-12H2,1-2H3;1H. The lowest BCUT2D eigenvalue weighted by Crippen LogP contribution is -2.32. The molecule has 0 aromatic heterocycles. The number of benzene rings is 1. The maximum absolute atomic E-state index is 12.2. The third-order valence-electron chi connectivity index (χ3n) is 4.42. The van der Waals surface area contributed by atoms with Crippen molar-refractivity contribution in [1.82, 2.24) is 9.80 Å². The SMILES string of the molecule is CCN(CC)CCCN1C(=O)CSC1c1ccc2c(c1)OCO2.Cl. The Bertz CT molecular complexity index is 569. The molecule has 1 amide bonds. The number of thioether (sulfide) groups is 1. The van der Waals surface area contributed by atoms with Crippen molar-refractivity contribution in [3.8, 4) is 11.5 Å². The van der Waals surface area contributed by atoms with E-state index in [1.807, 2.05) is 23.1 Å². The molecular formula is C17H25ClN2O3S. The molecule has 2 aliphatic rings. The second-order valence-electron chi connectivity index (χ2n) is 5.74. The number of hydrogen-bond donors (Lipinski definition) is 0. The average molecular weight is 373 g/mol. The first-order valence-corrected chi connectivity index (χ1v) is 9.30. The summed E-state index contributed by atoms with van der Waals surface area (Å²) in [6, 6.07) is 5.99. The lowest BCUT2D eigenvalue weighted by atomic mass is 10.1. The molecule has 134 valence electrons. The summed E-state index contributed by atoms with van der Waals surface area (Å²) < 4.78 is 10.8. The van der Waals surface area contributed by atoms with E-state index in [2.05, 4.69) is 18.7 Å². The normalized spacial score (nSPS) is 19.0. The minimum Gasteiger partial charge on any atom is -0.454 e. The van der Waals surface area contributed by atoms with Crippen LogP contribution in [-0.2, 0) is 4.79 Å². The van der Waals surface area contributed by atoms with Crippen molar-refractivity contribution in [3.63, 3.8) is 0 Å². The molecule has 2 aliphatic heterocycles. The predicted molar refractivity (Wildman–Crippen MR) is 99.1 cm³/mol. The molecule has 0 radical (unpaired) electrons. The van der Waals surface area contributed by atoms with Crippen LogP contribution >= 0.6 is 24.2 Å². The van der Waals surface area contributed by atoms with Gasteiger partial charge in [0.15, 0.2) is 11.5 Å². The number of carbonyl (C=O) groups is 1. The second kappa shape index (κ2) is 8.83. The Labute approximate surface area is 154 Å². The molecule has 0 aliphatic carbocycles. The number of amides is 1. The fourth-order valence-corrected chi connectivity index (χ4v) is 4.25. The van der Waals surface area contributed by atoms with Crippen LogP contribution in [0, 0.1) is 0 Å². The van der Waals surface area contributed by atoms with E-state index in [0.29, 0.717) is 5.75 Å². The van der Waals surface area contributed by atoms with Crippen LogP contribution in [-0.4, -0.2) is 54.4 Å². The van der Waals surface area contributed by atoms with E-state index in [1.165, 1.54) is 0 Å². The number of nitrogens with zero attached hydrogens (tertiary/aromatic N) is 2. The van der Waals surface area contributed by atoms with E-state index in [9.17, 15) is 4.79 Å². The molecule has 1 aromatic rings. The Balaban J connectivity index is 0.00000208. The van der Waals surface area contributed by atoms with Crippen molar-refractivity contribution >= 4 is 30.1 Å². The van der Waals surface area contributed by atoms with Gasteiger partial charge in [-0.3, -0.25) is 4.79 Å². The monoisotopic (exact) mass is 372 g/mol. The van der Waals surface area contributed by atoms with E-state index in [-0.39, 0.29) is 30.5 Å².